The number of carbonyl (C=O) groups excluding carboxylic acids is 1. The van der Waals surface area contributed by atoms with E-state index in [0.717, 1.165) is 5.56 Å². The molecule has 0 bridgehead atoms. The van der Waals surface area contributed by atoms with E-state index in [9.17, 15) is 27.5 Å². The number of ketones is 1. The van der Waals surface area contributed by atoms with Gasteiger partial charge in [-0.05, 0) is 41.2 Å². The van der Waals surface area contributed by atoms with Gasteiger partial charge in [-0.25, -0.2) is 9.37 Å². The van der Waals surface area contributed by atoms with Gasteiger partial charge in [0.05, 0.1) is 11.1 Å². The topological polar surface area (TPSA) is 59.4 Å². The van der Waals surface area contributed by atoms with Gasteiger partial charge in [-0.3, -0.25) is 4.79 Å². The molecule has 0 saturated heterocycles. The number of pyridine rings is 1. The quantitative estimate of drug-likeness (QED) is 0.591. The van der Waals surface area contributed by atoms with Crippen molar-refractivity contribution in [1.29, 1.82) is 0 Å². The number of allylic oxidation sites excluding steroid dienone is 2. The number of rotatable bonds is 4. The van der Waals surface area contributed by atoms with Crippen molar-refractivity contribution >= 4 is 11.4 Å². The van der Waals surface area contributed by atoms with Crippen molar-refractivity contribution in [2.45, 2.75) is 46.2 Å². The molecule has 3 rings (SSSR count). The highest BCUT2D eigenvalue weighted by atomic mass is 19.4. The lowest BCUT2D eigenvalue weighted by molar-refractivity contribution is -0.138. The summed E-state index contributed by atoms with van der Waals surface area (Å²) in [6, 6.07) is 4.96. The minimum absolute atomic E-state index is 0.0260. The Balaban J connectivity index is 1.99. The van der Waals surface area contributed by atoms with Crippen LogP contribution in [-0.4, -0.2) is 15.9 Å². The molecule has 0 fully saturated rings. The summed E-state index contributed by atoms with van der Waals surface area (Å²) in [6.07, 6.45) is -3.08. The number of alkyl halides is 3. The molecule has 0 radical (unpaired) electrons. The number of hydrogen-bond donors (Lipinski definition) is 1. The van der Waals surface area contributed by atoms with Gasteiger partial charge in [-0.1, -0.05) is 26.8 Å². The molecule has 1 aromatic carbocycles. The first-order valence-electron chi connectivity index (χ1n) is 9.40. The second-order valence-electron chi connectivity index (χ2n) is 8.05. The van der Waals surface area contributed by atoms with Crippen molar-refractivity contribution < 1.29 is 32.2 Å². The van der Waals surface area contributed by atoms with E-state index in [2.05, 4.69) is 4.98 Å². The number of aliphatic hydroxyl groups excluding tert-OH is 1. The summed E-state index contributed by atoms with van der Waals surface area (Å²) in [7, 11) is 0. The molecule has 0 amide bonds. The van der Waals surface area contributed by atoms with Crippen molar-refractivity contribution in [2.75, 3.05) is 0 Å². The Morgan fingerprint density at radius 1 is 1.20 bits per heavy atom. The van der Waals surface area contributed by atoms with Crippen molar-refractivity contribution in [2.24, 2.45) is 5.41 Å². The molecule has 0 unspecified atom stereocenters. The van der Waals surface area contributed by atoms with Crippen LogP contribution in [0.5, 0.6) is 11.6 Å². The molecule has 0 saturated carbocycles. The molecule has 0 atom stereocenters. The number of aliphatic hydroxyl groups is 1. The van der Waals surface area contributed by atoms with Gasteiger partial charge >= 0.3 is 6.18 Å². The largest absolute Gasteiger partial charge is 0.512 e. The lowest BCUT2D eigenvalue weighted by atomic mass is 9.74. The molecular weight excluding hydrogens is 402 g/mol. The summed E-state index contributed by atoms with van der Waals surface area (Å²) < 4.78 is 57.5. The van der Waals surface area contributed by atoms with Gasteiger partial charge in [0, 0.05) is 19.0 Å². The summed E-state index contributed by atoms with van der Waals surface area (Å²) in [4.78, 5) is 16.1. The lowest BCUT2D eigenvalue weighted by Crippen LogP contribution is -2.25. The van der Waals surface area contributed by atoms with Gasteiger partial charge in [0.1, 0.15) is 11.5 Å². The lowest BCUT2D eigenvalue weighted by Gasteiger charge is -2.30. The maximum Gasteiger partial charge on any atom is 0.417 e. The number of hydrogen-bond acceptors (Lipinski definition) is 4. The maximum absolute atomic E-state index is 14.1. The zero-order valence-corrected chi connectivity index (χ0v) is 16.7. The normalized spacial score (nSPS) is 16.7. The second-order valence-corrected chi connectivity index (χ2v) is 8.05. The molecule has 8 heteroatoms. The van der Waals surface area contributed by atoms with Gasteiger partial charge in [-0.2, -0.15) is 13.2 Å². The number of benzene rings is 1. The van der Waals surface area contributed by atoms with E-state index < -0.39 is 23.4 Å². The van der Waals surface area contributed by atoms with Crippen LogP contribution in [0.15, 0.2) is 36.2 Å². The Kier molecular flexibility index (Phi) is 5.62. The Morgan fingerprint density at radius 3 is 2.47 bits per heavy atom. The summed E-state index contributed by atoms with van der Waals surface area (Å²) in [6.45, 7) is 5.65. The number of nitrogens with zero attached hydrogens (tertiary/aromatic N) is 1. The van der Waals surface area contributed by atoms with E-state index in [0.29, 0.717) is 30.7 Å². The zero-order valence-electron chi connectivity index (χ0n) is 16.7. The fraction of sp³-hybridized carbons (Fsp3) is 0.364. The number of aromatic nitrogens is 1. The van der Waals surface area contributed by atoms with Crippen LogP contribution >= 0.6 is 0 Å². The highest BCUT2D eigenvalue weighted by molar-refractivity contribution is 6.22. The first-order chi connectivity index (χ1) is 13.9. The monoisotopic (exact) mass is 423 g/mol. The van der Waals surface area contributed by atoms with E-state index in [1.165, 1.54) is 12.1 Å². The third kappa shape index (κ3) is 4.47. The summed E-state index contributed by atoms with van der Waals surface area (Å²) in [5.41, 5.74) is -0.159. The molecule has 2 aromatic rings. The minimum Gasteiger partial charge on any atom is -0.512 e. The van der Waals surface area contributed by atoms with Crippen LogP contribution < -0.4 is 4.74 Å². The standard InChI is InChI=1S/C22H21F4NO3/c1-4-12-5-6-14(30-20-16(23)7-13(11-27-20)22(24,25)26)8-15(12)19-17(28)9-21(2,3)10-18(19)29/h5-8,11,28H,4,9-10H2,1-3H3. The van der Waals surface area contributed by atoms with E-state index >= 15 is 0 Å². The minimum atomic E-state index is -4.72. The van der Waals surface area contributed by atoms with Crippen LogP contribution in [0.3, 0.4) is 0 Å². The molecular formula is C22H21F4NO3. The number of aryl methyl sites for hydroxylation is 1. The third-order valence-electron chi connectivity index (χ3n) is 4.93. The molecule has 160 valence electrons. The molecule has 1 aliphatic rings. The highest BCUT2D eigenvalue weighted by Crippen LogP contribution is 2.41. The van der Waals surface area contributed by atoms with Gasteiger partial charge < -0.3 is 9.84 Å². The van der Waals surface area contributed by atoms with E-state index in [1.807, 2.05) is 20.8 Å². The third-order valence-corrected chi connectivity index (χ3v) is 4.93. The molecule has 1 aromatic heterocycles. The smallest absolute Gasteiger partial charge is 0.417 e. The van der Waals surface area contributed by atoms with Crippen LogP contribution in [0.1, 0.15) is 50.3 Å². The number of ether oxygens (including phenoxy) is 1. The average molecular weight is 423 g/mol. The van der Waals surface area contributed by atoms with Crippen molar-refractivity contribution in [1.82, 2.24) is 4.98 Å². The molecule has 1 N–H and O–H groups in total. The first-order valence-corrected chi connectivity index (χ1v) is 9.40. The Labute approximate surface area is 171 Å². The van der Waals surface area contributed by atoms with Crippen molar-refractivity contribution in [3.8, 4) is 11.6 Å². The molecule has 0 spiro atoms. The second kappa shape index (κ2) is 7.74. The summed E-state index contributed by atoms with van der Waals surface area (Å²) >= 11 is 0. The van der Waals surface area contributed by atoms with Crippen molar-refractivity contribution in [3.63, 3.8) is 0 Å². The van der Waals surface area contributed by atoms with Crippen LogP contribution in [-0.2, 0) is 17.4 Å². The maximum atomic E-state index is 14.1. The molecule has 1 aliphatic carbocycles. The van der Waals surface area contributed by atoms with Gasteiger partial charge in [-0.15, -0.1) is 0 Å². The van der Waals surface area contributed by atoms with Crippen molar-refractivity contribution in [3.05, 3.63) is 58.7 Å². The van der Waals surface area contributed by atoms with E-state index in [-0.39, 0.29) is 34.7 Å². The first kappa shape index (κ1) is 21.8. The molecule has 30 heavy (non-hydrogen) atoms. The highest BCUT2D eigenvalue weighted by Gasteiger charge is 2.35. The van der Waals surface area contributed by atoms with Gasteiger partial charge in [0.2, 0.25) is 0 Å². The Bertz CT molecular complexity index is 1030. The van der Waals surface area contributed by atoms with Crippen LogP contribution in [0.4, 0.5) is 17.6 Å². The molecule has 4 nitrogen and oxygen atoms in total. The SMILES string of the molecule is CCc1ccc(Oc2ncc(C(F)(F)F)cc2F)cc1C1=C(O)CC(C)(C)CC1=O. The average Bonchev–Trinajstić information content (AvgIpc) is 2.61. The van der Waals surface area contributed by atoms with Crippen LogP contribution in [0, 0.1) is 11.2 Å². The van der Waals surface area contributed by atoms with Gasteiger partial charge in [0.15, 0.2) is 11.6 Å². The fourth-order valence-electron chi connectivity index (χ4n) is 3.52. The number of halogens is 4. The van der Waals surface area contributed by atoms with E-state index in [4.69, 9.17) is 4.74 Å². The zero-order chi connectivity index (χ0) is 22.3. The Hall–Kier alpha value is -2.90. The van der Waals surface area contributed by atoms with E-state index in [1.54, 1.807) is 6.07 Å². The number of Topliss-reactive ketones (excluding diaryl/α,β-unsaturated/α-hetero) is 1. The predicted molar refractivity (Wildman–Crippen MR) is 103 cm³/mol. The summed E-state index contributed by atoms with van der Waals surface area (Å²) in [5.74, 6) is -2.03. The predicted octanol–water partition coefficient (Wildman–Crippen LogP) is 6.25. The van der Waals surface area contributed by atoms with Crippen LogP contribution in [0.25, 0.3) is 5.57 Å². The van der Waals surface area contributed by atoms with Gasteiger partial charge in [0.25, 0.3) is 5.88 Å². The summed E-state index contributed by atoms with van der Waals surface area (Å²) in [5, 5.41) is 10.5. The fourth-order valence-corrected chi connectivity index (χ4v) is 3.52. The Morgan fingerprint density at radius 2 is 1.90 bits per heavy atom. The molecule has 1 heterocycles. The number of carbonyl (C=O) groups is 1. The molecule has 0 aliphatic heterocycles. The van der Waals surface area contributed by atoms with Crippen LogP contribution in [0.2, 0.25) is 0 Å².